The van der Waals surface area contributed by atoms with Gasteiger partial charge in [0.05, 0.1) is 17.5 Å². The molecule has 0 unspecified atom stereocenters. The Balaban J connectivity index is 1.84. The van der Waals surface area contributed by atoms with Crippen molar-refractivity contribution in [2.45, 2.75) is 6.42 Å². The number of anilines is 1. The van der Waals surface area contributed by atoms with Crippen molar-refractivity contribution in [3.63, 3.8) is 0 Å². The predicted molar refractivity (Wildman–Crippen MR) is 77.1 cm³/mol. The zero-order valence-electron chi connectivity index (χ0n) is 11.5. The standard InChI is InChI=1S/C14H18N4O2/c1-17-4-6-18(7-5-17)14-15-11-3-2-10(9-13(19)20)8-12(11)16-14/h2-3,8H,4-7,9H2,1H3,(H,15,16)(H,19,20). The van der Waals surface area contributed by atoms with Crippen LogP contribution in [0.1, 0.15) is 5.56 Å². The Hall–Kier alpha value is -2.08. The monoisotopic (exact) mass is 274 g/mol. The van der Waals surface area contributed by atoms with Gasteiger partial charge in [0, 0.05) is 26.2 Å². The van der Waals surface area contributed by atoms with Gasteiger partial charge in [-0.3, -0.25) is 4.79 Å². The molecule has 2 aromatic rings. The number of nitrogens with one attached hydrogen (secondary N) is 1. The topological polar surface area (TPSA) is 72.5 Å². The first kappa shape index (κ1) is 12.9. The molecule has 1 aliphatic rings. The van der Waals surface area contributed by atoms with E-state index in [1.165, 1.54) is 0 Å². The van der Waals surface area contributed by atoms with Crippen molar-refractivity contribution in [2.24, 2.45) is 0 Å². The van der Waals surface area contributed by atoms with E-state index in [2.05, 4.69) is 26.8 Å². The van der Waals surface area contributed by atoms with E-state index in [-0.39, 0.29) is 6.42 Å². The van der Waals surface area contributed by atoms with Gasteiger partial charge in [-0.25, -0.2) is 4.98 Å². The molecule has 6 heteroatoms. The first-order valence-electron chi connectivity index (χ1n) is 6.76. The van der Waals surface area contributed by atoms with E-state index in [1.54, 1.807) is 0 Å². The zero-order valence-corrected chi connectivity index (χ0v) is 11.5. The lowest BCUT2D eigenvalue weighted by atomic mass is 10.1. The molecule has 0 radical (unpaired) electrons. The molecule has 1 aromatic heterocycles. The van der Waals surface area contributed by atoms with Crippen LogP contribution >= 0.6 is 0 Å². The maximum atomic E-state index is 10.7. The molecule has 2 heterocycles. The van der Waals surface area contributed by atoms with Crippen molar-refractivity contribution >= 4 is 23.0 Å². The molecule has 0 aliphatic carbocycles. The fourth-order valence-corrected chi connectivity index (χ4v) is 2.50. The maximum Gasteiger partial charge on any atom is 0.307 e. The van der Waals surface area contributed by atoms with Gasteiger partial charge < -0.3 is 19.9 Å². The third kappa shape index (κ3) is 2.60. The van der Waals surface area contributed by atoms with Crippen LogP contribution in [0.25, 0.3) is 11.0 Å². The lowest BCUT2D eigenvalue weighted by molar-refractivity contribution is -0.136. The van der Waals surface area contributed by atoms with Crippen molar-refractivity contribution < 1.29 is 9.90 Å². The fourth-order valence-electron chi connectivity index (χ4n) is 2.50. The fraction of sp³-hybridized carbons (Fsp3) is 0.429. The molecule has 1 aromatic carbocycles. The van der Waals surface area contributed by atoms with Crippen molar-refractivity contribution in [1.82, 2.24) is 14.9 Å². The summed E-state index contributed by atoms with van der Waals surface area (Å²) in [7, 11) is 2.12. The van der Waals surface area contributed by atoms with Crippen molar-refractivity contribution in [3.05, 3.63) is 23.8 Å². The molecule has 1 saturated heterocycles. The minimum Gasteiger partial charge on any atom is -0.481 e. The molecular formula is C14H18N4O2. The number of likely N-dealkylation sites (N-methyl/N-ethyl adjacent to an activating group) is 1. The maximum absolute atomic E-state index is 10.7. The summed E-state index contributed by atoms with van der Waals surface area (Å²) in [6, 6.07) is 5.57. The number of hydrogen-bond donors (Lipinski definition) is 2. The summed E-state index contributed by atoms with van der Waals surface area (Å²) in [6.07, 6.45) is 0.0405. The molecule has 0 saturated carbocycles. The van der Waals surface area contributed by atoms with Crippen molar-refractivity contribution in [2.75, 3.05) is 38.1 Å². The Morgan fingerprint density at radius 3 is 2.80 bits per heavy atom. The first-order valence-corrected chi connectivity index (χ1v) is 6.76. The largest absolute Gasteiger partial charge is 0.481 e. The Morgan fingerprint density at radius 1 is 1.35 bits per heavy atom. The summed E-state index contributed by atoms with van der Waals surface area (Å²) < 4.78 is 0. The average molecular weight is 274 g/mol. The van der Waals surface area contributed by atoms with Gasteiger partial charge in [-0.1, -0.05) is 6.07 Å². The normalized spacial score (nSPS) is 16.8. The molecule has 106 valence electrons. The van der Waals surface area contributed by atoms with Crippen LogP contribution in [0.15, 0.2) is 18.2 Å². The second-order valence-corrected chi connectivity index (χ2v) is 5.27. The second-order valence-electron chi connectivity index (χ2n) is 5.27. The summed E-state index contributed by atoms with van der Waals surface area (Å²) in [5, 5.41) is 8.83. The number of carboxylic acids is 1. The quantitative estimate of drug-likeness (QED) is 0.871. The van der Waals surface area contributed by atoms with Crippen molar-refractivity contribution in [3.8, 4) is 0 Å². The SMILES string of the molecule is CN1CCN(c2nc3ccc(CC(=O)O)cc3[nH]2)CC1. The number of H-pyrrole nitrogens is 1. The minimum atomic E-state index is -0.817. The number of aliphatic carboxylic acids is 1. The van der Waals surface area contributed by atoms with E-state index in [9.17, 15) is 4.79 Å². The first-order chi connectivity index (χ1) is 9.61. The molecule has 0 bridgehead atoms. The molecule has 1 fully saturated rings. The molecule has 0 spiro atoms. The Bertz CT molecular complexity index is 629. The van der Waals surface area contributed by atoms with Gasteiger partial charge in [0.2, 0.25) is 5.95 Å². The molecule has 0 amide bonds. The third-order valence-corrected chi connectivity index (χ3v) is 3.69. The lowest BCUT2D eigenvalue weighted by Crippen LogP contribution is -2.44. The highest BCUT2D eigenvalue weighted by Crippen LogP contribution is 2.20. The molecule has 0 atom stereocenters. The molecule has 2 N–H and O–H groups in total. The Morgan fingerprint density at radius 2 is 2.10 bits per heavy atom. The van der Waals surface area contributed by atoms with Crippen LogP contribution in [0.4, 0.5) is 5.95 Å². The molecule has 20 heavy (non-hydrogen) atoms. The summed E-state index contributed by atoms with van der Waals surface area (Å²) in [4.78, 5) is 23.2. The number of piperazine rings is 1. The van der Waals surface area contributed by atoms with Gasteiger partial charge in [0.25, 0.3) is 0 Å². The van der Waals surface area contributed by atoms with E-state index < -0.39 is 5.97 Å². The van der Waals surface area contributed by atoms with Gasteiger partial charge in [-0.15, -0.1) is 0 Å². The number of aromatic amines is 1. The highest BCUT2D eigenvalue weighted by Gasteiger charge is 2.17. The Kier molecular flexibility index (Phi) is 3.31. The second kappa shape index (κ2) is 5.13. The van der Waals surface area contributed by atoms with Crippen LogP contribution < -0.4 is 4.90 Å². The van der Waals surface area contributed by atoms with Gasteiger partial charge in [0.15, 0.2) is 0 Å². The van der Waals surface area contributed by atoms with Gasteiger partial charge >= 0.3 is 5.97 Å². The van der Waals surface area contributed by atoms with Gasteiger partial charge in [0.1, 0.15) is 0 Å². The van der Waals surface area contributed by atoms with Crippen LogP contribution in [0.5, 0.6) is 0 Å². The van der Waals surface area contributed by atoms with Crippen LogP contribution in [-0.4, -0.2) is 59.2 Å². The van der Waals surface area contributed by atoms with E-state index in [0.29, 0.717) is 0 Å². The summed E-state index contributed by atoms with van der Waals surface area (Å²) in [6.45, 7) is 3.97. The molecule has 6 nitrogen and oxygen atoms in total. The van der Waals surface area contributed by atoms with E-state index in [1.807, 2.05) is 18.2 Å². The van der Waals surface area contributed by atoms with E-state index in [0.717, 1.165) is 48.7 Å². The number of imidazole rings is 1. The Labute approximate surface area is 117 Å². The summed E-state index contributed by atoms with van der Waals surface area (Å²) >= 11 is 0. The van der Waals surface area contributed by atoms with Crippen LogP contribution in [-0.2, 0) is 11.2 Å². The molecular weight excluding hydrogens is 256 g/mol. The minimum absolute atomic E-state index is 0.0405. The molecule has 1 aliphatic heterocycles. The number of carbonyl (C=O) groups is 1. The number of carboxylic acid groups (broad SMARTS) is 1. The summed E-state index contributed by atoms with van der Waals surface area (Å²) in [5.74, 6) is 0.0590. The highest BCUT2D eigenvalue weighted by atomic mass is 16.4. The molecule has 3 rings (SSSR count). The van der Waals surface area contributed by atoms with E-state index >= 15 is 0 Å². The van der Waals surface area contributed by atoms with Crippen LogP contribution in [0, 0.1) is 0 Å². The summed E-state index contributed by atoms with van der Waals surface area (Å²) in [5.41, 5.74) is 2.57. The van der Waals surface area contributed by atoms with Gasteiger partial charge in [-0.2, -0.15) is 0 Å². The third-order valence-electron chi connectivity index (χ3n) is 3.69. The van der Waals surface area contributed by atoms with Gasteiger partial charge in [-0.05, 0) is 24.7 Å². The van der Waals surface area contributed by atoms with Crippen LogP contribution in [0.3, 0.4) is 0 Å². The highest BCUT2D eigenvalue weighted by molar-refractivity contribution is 5.80. The predicted octanol–water partition coefficient (Wildman–Crippen LogP) is 0.942. The van der Waals surface area contributed by atoms with Crippen molar-refractivity contribution in [1.29, 1.82) is 0 Å². The number of benzene rings is 1. The number of fused-ring (bicyclic) bond motifs is 1. The number of rotatable bonds is 3. The number of hydrogen-bond acceptors (Lipinski definition) is 4. The number of nitrogens with zero attached hydrogens (tertiary/aromatic N) is 3. The number of aromatic nitrogens is 2. The van der Waals surface area contributed by atoms with Crippen LogP contribution in [0.2, 0.25) is 0 Å². The zero-order chi connectivity index (χ0) is 14.1. The smallest absolute Gasteiger partial charge is 0.307 e. The lowest BCUT2D eigenvalue weighted by Gasteiger charge is -2.32. The van der Waals surface area contributed by atoms with E-state index in [4.69, 9.17) is 5.11 Å². The average Bonchev–Trinajstić information content (AvgIpc) is 2.81.